The van der Waals surface area contributed by atoms with Crippen LogP contribution in [0.1, 0.15) is 45.2 Å². The molecule has 0 radical (unpaired) electrons. The number of rotatable bonds is 5. The Labute approximate surface area is 105 Å². The van der Waals surface area contributed by atoms with Gasteiger partial charge in [0.15, 0.2) is 0 Å². The fraction of sp³-hybridized carbons (Fsp3) is 0.562. The Kier molecular flexibility index (Phi) is 4.50. The van der Waals surface area contributed by atoms with Gasteiger partial charge in [0.2, 0.25) is 0 Å². The molecule has 0 saturated carbocycles. The summed E-state index contributed by atoms with van der Waals surface area (Å²) in [6, 6.07) is 8.47. The third-order valence-corrected chi connectivity index (χ3v) is 3.49. The minimum Gasteiger partial charge on any atom is -0.299 e. The zero-order valence-corrected chi connectivity index (χ0v) is 11.7. The Morgan fingerprint density at radius 2 is 1.76 bits per heavy atom. The average Bonchev–Trinajstić information content (AvgIpc) is 2.30. The van der Waals surface area contributed by atoms with Crippen molar-refractivity contribution in [1.29, 1.82) is 0 Å². The van der Waals surface area contributed by atoms with Crippen LogP contribution in [0.5, 0.6) is 0 Å². The van der Waals surface area contributed by atoms with Crippen molar-refractivity contribution in [3.63, 3.8) is 0 Å². The number of carbonyl (C=O) groups is 1. The Hall–Kier alpha value is -1.11. The molecule has 1 unspecified atom stereocenters. The summed E-state index contributed by atoms with van der Waals surface area (Å²) in [5.74, 6) is 0.538. The lowest BCUT2D eigenvalue weighted by Crippen LogP contribution is -2.31. The van der Waals surface area contributed by atoms with E-state index in [2.05, 4.69) is 52.0 Å². The van der Waals surface area contributed by atoms with Crippen molar-refractivity contribution < 1.29 is 4.79 Å². The van der Waals surface area contributed by atoms with Gasteiger partial charge in [-0.05, 0) is 25.3 Å². The van der Waals surface area contributed by atoms with Crippen LogP contribution in [-0.4, -0.2) is 5.78 Å². The van der Waals surface area contributed by atoms with E-state index in [4.69, 9.17) is 0 Å². The molecule has 0 bridgehead atoms. The molecule has 1 aromatic rings. The van der Waals surface area contributed by atoms with E-state index in [0.29, 0.717) is 5.78 Å². The van der Waals surface area contributed by atoms with Gasteiger partial charge in [0, 0.05) is 11.3 Å². The van der Waals surface area contributed by atoms with E-state index in [9.17, 15) is 4.79 Å². The molecule has 1 nitrogen and oxygen atoms in total. The quantitative estimate of drug-likeness (QED) is 0.744. The highest BCUT2D eigenvalue weighted by atomic mass is 16.1. The minimum absolute atomic E-state index is 0.162. The number of hydrogen-bond acceptors (Lipinski definition) is 1. The van der Waals surface area contributed by atoms with Gasteiger partial charge in [0.1, 0.15) is 5.78 Å². The molecule has 1 aromatic carbocycles. The highest BCUT2D eigenvalue weighted by molar-refractivity contribution is 5.86. The van der Waals surface area contributed by atoms with E-state index in [0.717, 1.165) is 12.8 Å². The second-order valence-corrected chi connectivity index (χ2v) is 5.72. The van der Waals surface area contributed by atoms with Gasteiger partial charge < -0.3 is 0 Å². The lowest BCUT2D eigenvalue weighted by molar-refractivity contribution is -0.130. The van der Waals surface area contributed by atoms with Crippen molar-refractivity contribution in [1.82, 2.24) is 0 Å². The van der Waals surface area contributed by atoms with E-state index in [1.807, 2.05) is 6.92 Å². The maximum absolute atomic E-state index is 12.3. The van der Waals surface area contributed by atoms with Crippen molar-refractivity contribution in [2.24, 2.45) is 11.3 Å². The smallest absolute Gasteiger partial charge is 0.141 e. The van der Waals surface area contributed by atoms with Crippen molar-refractivity contribution in [2.45, 2.75) is 47.5 Å². The van der Waals surface area contributed by atoms with Crippen molar-refractivity contribution >= 4 is 5.78 Å². The number of Topliss-reactive ketones (excluding diaryl/α,β-unsaturated/α-hetero) is 1. The molecule has 1 atom stereocenters. The van der Waals surface area contributed by atoms with E-state index >= 15 is 0 Å². The van der Waals surface area contributed by atoms with Crippen LogP contribution in [0.25, 0.3) is 0 Å². The van der Waals surface area contributed by atoms with Crippen LogP contribution >= 0.6 is 0 Å². The van der Waals surface area contributed by atoms with Gasteiger partial charge in [-0.3, -0.25) is 4.79 Å². The maximum atomic E-state index is 12.3. The van der Waals surface area contributed by atoms with Crippen molar-refractivity contribution in [3.8, 4) is 0 Å². The molecule has 0 aliphatic carbocycles. The Balaban J connectivity index is 2.78. The molecule has 0 saturated heterocycles. The molecular formula is C16H24O. The molecule has 17 heavy (non-hydrogen) atoms. The highest BCUT2D eigenvalue weighted by Crippen LogP contribution is 2.27. The summed E-state index contributed by atoms with van der Waals surface area (Å²) in [5, 5.41) is 0. The van der Waals surface area contributed by atoms with E-state index in [1.165, 1.54) is 11.1 Å². The second-order valence-electron chi connectivity index (χ2n) is 5.72. The van der Waals surface area contributed by atoms with Gasteiger partial charge in [0.25, 0.3) is 0 Å². The number of carbonyl (C=O) groups excluding carboxylic acids is 1. The summed E-state index contributed by atoms with van der Waals surface area (Å²) in [7, 11) is 0. The first kappa shape index (κ1) is 14.0. The Bertz CT molecular complexity index is 373. The van der Waals surface area contributed by atoms with Crippen LogP contribution in [0.15, 0.2) is 24.3 Å². The number of aryl methyl sites for hydroxylation is 1. The zero-order chi connectivity index (χ0) is 13.1. The van der Waals surface area contributed by atoms with Crippen molar-refractivity contribution in [2.75, 3.05) is 0 Å². The zero-order valence-electron chi connectivity index (χ0n) is 11.7. The molecule has 0 aliphatic rings. The third-order valence-electron chi connectivity index (χ3n) is 3.49. The monoisotopic (exact) mass is 232 g/mol. The fourth-order valence-electron chi connectivity index (χ4n) is 2.16. The topological polar surface area (TPSA) is 17.1 Å². The standard InChI is InChI=1S/C16H24O/c1-6-13(3)15(17)16(4,5)11-14-9-7-12(2)8-10-14/h7-10,13H,6,11H2,1-5H3. The lowest BCUT2D eigenvalue weighted by Gasteiger charge is -2.26. The molecule has 94 valence electrons. The molecule has 0 amide bonds. The first-order chi connectivity index (χ1) is 7.86. The molecule has 0 aliphatic heterocycles. The Morgan fingerprint density at radius 1 is 1.24 bits per heavy atom. The predicted molar refractivity (Wildman–Crippen MR) is 73.1 cm³/mol. The Morgan fingerprint density at radius 3 is 2.24 bits per heavy atom. The van der Waals surface area contributed by atoms with Gasteiger partial charge >= 0.3 is 0 Å². The molecule has 0 aromatic heterocycles. The molecule has 1 heteroatoms. The lowest BCUT2D eigenvalue weighted by atomic mass is 9.76. The molecule has 1 rings (SSSR count). The van der Waals surface area contributed by atoms with Crippen LogP contribution in [0.3, 0.4) is 0 Å². The van der Waals surface area contributed by atoms with Gasteiger partial charge in [-0.15, -0.1) is 0 Å². The first-order valence-electron chi connectivity index (χ1n) is 6.46. The largest absolute Gasteiger partial charge is 0.299 e. The predicted octanol–water partition coefficient (Wildman–Crippen LogP) is 4.18. The normalized spacial score (nSPS) is 13.5. The number of ketones is 1. The molecule has 0 fully saturated rings. The highest BCUT2D eigenvalue weighted by Gasteiger charge is 2.30. The van der Waals surface area contributed by atoms with Gasteiger partial charge in [-0.2, -0.15) is 0 Å². The van der Waals surface area contributed by atoms with Crippen molar-refractivity contribution in [3.05, 3.63) is 35.4 Å². The third kappa shape index (κ3) is 3.69. The SMILES string of the molecule is CCC(C)C(=O)C(C)(C)Cc1ccc(C)cc1. The summed E-state index contributed by atoms with van der Waals surface area (Å²) in [5.41, 5.74) is 2.25. The van der Waals surface area contributed by atoms with Gasteiger partial charge in [0.05, 0.1) is 0 Å². The molecule has 0 heterocycles. The summed E-state index contributed by atoms with van der Waals surface area (Å²) in [6.45, 7) is 10.3. The number of benzene rings is 1. The van der Waals surface area contributed by atoms with E-state index in [-0.39, 0.29) is 11.3 Å². The van der Waals surface area contributed by atoms with Crippen LogP contribution in [-0.2, 0) is 11.2 Å². The van der Waals surface area contributed by atoms with Crippen LogP contribution < -0.4 is 0 Å². The van der Waals surface area contributed by atoms with E-state index < -0.39 is 0 Å². The van der Waals surface area contributed by atoms with Gasteiger partial charge in [-0.25, -0.2) is 0 Å². The maximum Gasteiger partial charge on any atom is 0.141 e. The van der Waals surface area contributed by atoms with Crippen LogP contribution in [0, 0.1) is 18.3 Å². The average molecular weight is 232 g/mol. The first-order valence-corrected chi connectivity index (χ1v) is 6.46. The fourth-order valence-corrected chi connectivity index (χ4v) is 2.16. The van der Waals surface area contributed by atoms with Crippen LogP contribution in [0.2, 0.25) is 0 Å². The summed E-state index contributed by atoms with van der Waals surface area (Å²) >= 11 is 0. The van der Waals surface area contributed by atoms with E-state index in [1.54, 1.807) is 0 Å². The minimum atomic E-state index is -0.259. The molecule has 0 N–H and O–H groups in total. The number of hydrogen-bond donors (Lipinski definition) is 0. The summed E-state index contributed by atoms with van der Waals surface area (Å²) in [6.07, 6.45) is 1.76. The summed E-state index contributed by atoms with van der Waals surface area (Å²) in [4.78, 5) is 12.3. The second kappa shape index (κ2) is 5.48. The van der Waals surface area contributed by atoms with Crippen LogP contribution in [0.4, 0.5) is 0 Å². The summed E-state index contributed by atoms with van der Waals surface area (Å²) < 4.78 is 0. The molecule has 0 spiro atoms. The molecular weight excluding hydrogens is 208 g/mol. The van der Waals surface area contributed by atoms with Gasteiger partial charge in [-0.1, -0.05) is 57.5 Å².